The molecule has 3 rings (SSSR count). The molecule has 26 heavy (non-hydrogen) atoms. The molecule has 138 valence electrons. The largest absolute Gasteiger partial charge is 0.497 e. The summed E-state index contributed by atoms with van der Waals surface area (Å²) >= 11 is 6.13. The van der Waals surface area contributed by atoms with Crippen molar-refractivity contribution in [1.82, 2.24) is 4.90 Å². The minimum absolute atomic E-state index is 0.0177. The van der Waals surface area contributed by atoms with Crippen molar-refractivity contribution in [1.29, 1.82) is 0 Å². The zero-order valence-electron chi connectivity index (χ0n) is 14.5. The van der Waals surface area contributed by atoms with Gasteiger partial charge in [-0.25, -0.2) is 8.42 Å². The molecule has 8 heteroatoms. The molecule has 0 atom stereocenters. The Labute approximate surface area is 158 Å². The summed E-state index contributed by atoms with van der Waals surface area (Å²) in [6.45, 7) is 1.33. The minimum atomic E-state index is -3.84. The maximum absolute atomic E-state index is 13.0. The number of anilines is 1. The summed E-state index contributed by atoms with van der Waals surface area (Å²) in [6, 6.07) is 10.9. The lowest BCUT2D eigenvalue weighted by Crippen LogP contribution is -2.42. The average Bonchev–Trinajstić information content (AvgIpc) is 2.59. The first-order chi connectivity index (χ1) is 12.3. The Kier molecular flexibility index (Phi) is 5.11. The Balaban J connectivity index is 1.94. The second-order valence-electron chi connectivity index (χ2n) is 5.96. The number of hydrogen-bond donors (Lipinski definition) is 0. The molecule has 0 saturated carbocycles. The molecule has 0 spiro atoms. The zero-order chi connectivity index (χ0) is 18.9. The fourth-order valence-electron chi connectivity index (χ4n) is 2.61. The lowest BCUT2D eigenvalue weighted by molar-refractivity contribution is 0.0651. The van der Waals surface area contributed by atoms with Gasteiger partial charge in [0.05, 0.1) is 28.3 Å². The number of carbonyl (C=O) groups excluding carboxylic acids is 1. The van der Waals surface area contributed by atoms with E-state index >= 15 is 0 Å². The minimum Gasteiger partial charge on any atom is -0.497 e. The predicted octanol–water partition coefficient (Wildman–Crippen LogP) is 3.02. The summed E-state index contributed by atoms with van der Waals surface area (Å²) in [5.74, 6) is 0.388. The monoisotopic (exact) mass is 394 g/mol. The SMILES string of the molecule is COc1ccc(N(C)S(=O)(=O)c2ccc(Cl)c(C(=O)N3CCC3)c2)cc1. The summed E-state index contributed by atoms with van der Waals surface area (Å²) in [5.41, 5.74) is 0.687. The predicted molar refractivity (Wildman–Crippen MR) is 101 cm³/mol. The van der Waals surface area contributed by atoms with Crippen molar-refractivity contribution in [2.24, 2.45) is 0 Å². The van der Waals surface area contributed by atoms with E-state index in [9.17, 15) is 13.2 Å². The van der Waals surface area contributed by atoms with E-state index in [0.717, 1.165) is 10.7 Å². The third-order valence-electron chi connectivity index (χ3n) is 4.41. The van der Waals surface area contributed by atoms with Crippen LogP contribution in [0.2, 0.25) is 5.02 Å². The highest BCUT2D eigenvalue weighted by molar-refractivity contribution is 7.92. The number of carbonyl (C=O) groups is 1. The van der Waals surface area contributed by atoms with Crippen LogP contribution in [-0.2, 0) is 10.0 Å². The van der Waals surface area contributed by atoms with Gasteiger partial charge in [-0.1, -0.05) is 11.6 Å². The van der Waals surface area contributed by atoms with Crippen LogP contribution in [0.1, 0.15) is 16.8 Å². The number of methoxy groups -OCH3 is 1. The fourth-order valence-corrected chi connectivity index (χ4v) is 4.03. The van der Waals surface area contributed by atoms with Crippen molar-refractivity contribution in [2.45, 2.75) is 11.3 Å². The van der Waals surface area contributed by atoms with Crippen LogP contribution >= 0.6 is 11.6 Å². The molecule has 1 aliphatic heterocycles. The smallest absolute Gasteiger partial charge is 0.264 e. The van der Waals surface area contributed by atoms with Gasteiger partial charge in [0.2, 0.25) is 0 Å². The van der Waals surface area contributed by atoms with E-state index in [1.807, 2.05) is 0 Å². The van der Waals surface area contributed by atoms with Crippen molar-refractivity contribution in [3.8, 4) is 5.75 Å². The highest BCUT2D eigenvalue weighted by atomic mass is 35.5. The van der Waals surface area contributed by atoms with Gasteiger partial charge < -0.3 is 9.64 Å². The average molecular weight is 395 g/mol. The number of benzene rings is 2. The van der Waals surface area contributed by atoms with Gasteiger partial charge in [0, 0.05) is 20.1 Å². The van der Waals surface area contributed by atoms with Crippen molar-refractivity contribution in [3.05, 3.63) is 53.1 Å². The molecule has 1 saturated heterocycles. The quantitative estimate of drug-likeness (QED) is 0.781. The van der Waals surface area contributed by atoms with Crippen LogP contribution in [0.3, 0.4) is 0 Å². The topological polar surface area (TPSA) is 66.9 Å². The normalized spacial score (nSPS) is 13.9. The van der Waals surface area contributed by atoms with Crippen molar-refractivity contribution < 1.29 is 17.9 Å². The van der Waals surface area contributed by atoms with Crippen LogP contribution < -0.4 is 9.04 Å². The molecule has 1 fully saturated rings. The van der Waals surface area contributed by atoms with Crippen LogP contribution in [0.5, 0.6) is 5.75 Å². The number of halogens is 1. The Morgan fingerprint density at radius 2 is 1.81 bits per heavy atom. The molecule has 0 bridgehead atoms. The lowest BCUT2D eigenvalue weighted by Gasteiger charge is -2.31. The number of ether oxygens (including phenoxy) is 1. The van der Waals surface area contributed by atoms with E-state index in [1.54, 1.807) is 36.3 Å². The fraction of sp³-hybridized carbons (Fsp3) is 0.278. The first-order valence-corrected chi connectivity index (χ1v) is 9.88. The van der Waals surface area contributed by atoms with Crippen LogP contribution in [0.25, 0.3) is 0 Å². The molecule has 2 aromatic rings. The van der Waals surface area contributed by atoms with Crippen molar-refractivity contribution in [2.75, 3.05) is 31.6 Å². The molecule has 0 unspecified atom stereocenters. The highest BCUT2D eigenvalue weighted by Crippen LogP contribution is 2.28. The molecule has 2 aromatic carbocycles. The van der Waals surface area contributed by atoms with Crippen LogP contribution in [0.4, 0.5) is 5.69 Å². The number of nitrogens with zero attached hydrogens (tertiary/aromatic N) is 2. The molecule has 0 radical (unpaired) electrons. The molecule has 0 N–H and O–H groups in total. The van der Waals surface area contributed by atoms with Crippen LogP contribution in [0.15, 0.2) is 47.4 Å². The number of rotatable bonds is 5. The maximum atomic E-state index is 13.0. The molecule has 6 nitrogen and oxygen atoms in total. The second-order valence-corrected chi connectivity index (χ2v) is 8.33. The summed E-state index contributed by atoms with van der Waals surface area (Å²) in [5, 5.41) is 0.243. The number of hydrogen-bond acceptors (Lipinski definition) is 4. The summed E-state index contributed by atoms with van der Waals surface area (Å²) in [7, 11) is -0.833. The summed E-state index contributed by atoms with van der Waals surface area (Å²) < 4.78 is 32.2. The lowest BCUT2D eigenvalue weighted by atomic mass is 10.1. The van der Waals surface area contributed by atoms with Gasteiger partial charge in [0.15, 0.2) is 0 Å². The van der Waals surface area contributed by atoms with E-state index < -0.39 is 10.0 Å². The van der Waals surface area contributed by atoms with Crippen molar-refractivity contribution >= 4 is 33.2 Å². The summed E-state index contributed by atoms with van der Waals surface area (Å²) in [4.78, 5) is 14.1. The van der Waals surface area contributed by atoms with E-state index in [1.165, 1.54) is 25.2 Å². The Morgan fingerprint density at radius 3 is 2.35 bits per heavy atom. The zero-order valence-corrected chi connectivity index (χ0v) is 16.0. The Bertz CT molecular complexity index is 925. The maximum Gasteiger partial charge on any atom is 0.264 e. The van der Waals surface area contributed by atoms with Gasteiger partial charge >= 0.3 is 0 Å². The molecule has 1 heterocycles. The first kappa shape index (κ1) is 18.5. The molecule has 1 aliphatic rings. The Morgan fingerprint density at radius 1 is 1.15 bits per heavy atom. The van der Waals surface area contributed by atoms with Gasteiger partial charge in [0.1, 0.15) is 5.75 Å². The number of amides is 1. The standard InChI is InChI=1S/C18H19ClN2O4S/c1-20(13-4-6-14(25-2)7-5-13)26(23,24)15-8-9-17(19)16(12-15)18(22)21-10-3-11-21/h4-9,12H,3,10-11H2,1-2H3. The second kappa shape index (κ2) is 7.17. The van der Waals surface area contributed by atoms with Gasteiger partial charge in [-0.05, 0) is 48.9 Å². The molecular weight excluding hydrogens is 376 g/mol. The number of likely N-dealkylation sites (tertiary alicyclic amines) is 1. The molecular formula is C18H19ClN2O4S. The Hall–Kier alpha value is -2.25. The van der Waals surface area contributed by atoms with Gasteiger partial charge in [-0.15, -0.1) is 0 Å². The molecule has 0 aromatic heterocycles. The highest BCUT2D eigenvalue weighted by Gasteiger charge is 2.27. The third-order valence-corrected chi connectivity index (χ3v) is 6.52. The molecule has 0 aliphatic carbocycles. The van der Waals surface area contributed by atoms with Gasteiger partial charge in [-0.3, -0.25) is 9.10 Å². The van der Waals surface area contributed by atoms with Gasteiger partial charge in [-0.2, -0.15) is 0 Å². The first-order valence-electron chi connectivity index (χ1n) is 8.06. The number of sulfonamides is 1. The van der Waals surface area contributed by atoms with E-state index in [2.05, 4.69) is 0 Å². The molecule has 1 amide bonds. The third kappa shape index (κ3) is 3.37. The summed E-state index contributed by atoms with van der Waals surface area (Å²) in [6.07, 6.45) is 0.946. The van der Waals surface area contributed by atoms with E-state index in [4.69, 9.17) is 16.3 Å². The van der Waals surface area contributed by atoms with Crippen LogP contribution in [-0.4, -0.2) is 46.5 Å². The van der Waals surface area contributed by atoms with E-state index in [0.29, 0.717) is 24.5 Å². The van der Waals surface area contributed by atoms with Gasteiger partial charge in [0.25, 0.3) is 15.9 Å². The van der Waals surface area contributed by atoms with Crippen LogP contribution in [0, 0.1) is 0 Å². The van der Waals surface area contributed by atoms with Crippen molar-refractivity contribution in [3.63, 3.8) is 0 Å². The van der Waals surface area contributed by atoms with E-state index in [-0.39, 0.29) is 21.4 Å².